The molecule has 1 saturated heterocycles. The van der Waals surface area contributed by atoms with E-state index in [0.717, 1.165) is 25.2 Å². The van der Waals surface area contributed by atoms with Gasteiger partial charge in [-0.05, 0) is 57.5 Å². The van der Waals surface area contributed by atoms with E-state index in [1.165, 1.54) is 58.0 Å². The first-order valence-electron chi connectivity index (χ1n) is 7.60. The molecule has 0 radical (unpaired) electrons. The fraction of sp³-hybridized carbons (Fsp3) is 0.933. The first-order chi connectivity index (χ1) is 8.31. The quantitative estimate of drug-likeness (QED) is 0.746. The Morgan fingerprint density at radius 1 is 1.00 bits per heavy atom. The van der Waals surface area contributed by atoms with Crippen LogP contribution in [0.4, 0.5) is 0 Å². The summed E-state index contributed by atoms with van der Waals surface area (Å²) in [5.41, 5.74) is -0.0109. The number of carbonyl (C=O) groups is 1. The van der Waals surface area contributed by atoms with Crippen molar-refractivity contribution >= 4 is 5.78 Å². The normalized spacial score (nSPS) is 29.4. The minimum atomic E-state index is -0.0109. The lowest BCUT2D eigenvalue weighted by atomic mass is 9.85. The second kappa shape index (κ2) is 4.72. The molecule has 3 rings (SSSR count). The predicted octanol–water partition coefficient (Wildman–Crippen LogP) is 3.15. The molecule has 0 aromatic rings. The molecule has 0 aromatic heterocycles. The molecule has 1 aliphatic heterocycles. The molecule has 0 amide bonds. The number of piperidine rings is 1. The molecule has 0 unspecified atom stereocenters. The largest absolute Gasteiger partial charge is 0.298 e. The minimum Gasteiger partial charge on any atom is -0.298 e. The minimum absolute atomic E-state index is 0.0109. The van der Waals surface area contributed by atoms with Gasteiger partial charge in [0.25, 0.3) is 0 Å². The number of likely N-dealkylation sites (tertiary alicyclic amines) is 1. The summed E-state index contributed by atoms with van der Waals surface area (Å²) in [6, 6.07) is 0. The second-order valence-corrected chi connectivity index (χ2v) is 6.36. The number of hydrogen-bond acceptors (Lipinski definition) is 2. The first kappa shape index (κ1) is 11.7. The molecule has 0 spiro atoms. The number of Topliss-reactive ketones (excluding diaryl/α,β-unsaturated/α-hetero) is 1. The van der Waals surface area contributed by atoms with Crippen LogP contribution in [0.3, 0.4) is 0 Å². The highest BCUT2D eigenvalue weighted by Crippen LogP contribution is 2.42. The van der Waals surface area contributed by atoms with Crippen molar-refractivity contribution in [3.05, 3.63) is 0 Å². The number of nitrogens with zero attached hydrogens (tertiary/aromatic N) is 1. The van der Waals surface area contributed by atoms with E-state index in [1.54, 1.807) is 0 Å². The number of carbonyl (C=O) groups excluding carboxylic acids is 1. The Bertz CT molecular complexity index is 283. The van der Waals surface area contributed by atoms with E-state index in [-0.39, 0.29) is 5.54 Å². The predicted molar refractivity (Wildman–Crippen MR) is 69.0 cm³/mol. The molecule has 0 atom stereocenters. The molecule has 1 heterocycles. The molecule has 2 nitrogen and oxygen atoms in total. The maximum Gasteiger partial charge on any atom is 0.153 e. The molecule has 17 heavy (non-hydrogen) atoms. The first-order valence-corrected chi connectivity index (χ1v) is 7.60. The summed E-state index contributed by atoms with van der Waals surface area (Å²) in [4.78, 5) is 15.2. The third-order valence-electron chi connectivity index (χ3n) is 5.08. The van der Waals surface area contributed by atoms with Crippen molar-refractivity contribution in [2.45, 2.75) is 69.7 Å². The van der Waals surface area contributed by atoms with Crippen molar-refractivity contribution in [2.24, 2.45) is 5.92 Å². The van der Waals surface area contributed by atoms with Gasteiger partial charge in [0.1, 0.15) is 0 Å². The third kappa shape index (κ3) is 2.29. The summed E-state index contributed by atoms with van der Waals surface area (Å²) < 4.78 is 0. The summed E-state index contributed by atoms with van der Waals surface area (Å²) in [5.74, 6) is 1.35. The van der Waals surface area contributed by atoms with Crippen molar-refractivity contribution in [2.75, 3.05) is 13.1 Å². The SMILES string of the molecule is O=C(CC1CC1)C1(N2CCCCC2)CCCC1. The van der Waals surface area contributed by atoms with E-state index in [0.29, 0.717) is 5.78 Å². The lowest BCUT2D eigenvalue weighted by Gasteiger charge is -2.42. The molecule has 0 N–H and O–H groups in total. The average molecular weight is 235 g/mol. The summed E-state index contributed by atoms with van der Waals surface area (Å²) >= 11 is 0. The van der Waals surface area contributed by atoms with Crippen molar-refractivity contribution in [3.8, 4) is 0 Å². The topological polar surface area (TPSA) is 20.3 Å². The van der Waals surface area contributed by atoms with Gasteiger partial charge in [0.15, 0.2) is 5.78 Å². The van der Waals surface area contributed by atoms with Crippen molar-refractivity contribution in [1.82, 2.24) is 4.90 Å². The molecule has 96 valence electrons. The monoisotopic (exact) mass is 235 g/mol. The smallest absolute Gasteiger partial charge is 0.153 e. The van der Waals surface area contributed by atoms with Crippen molar-refractivity contribution in [3.63, 3.8) is 0 Å². The van der Waals surface area contributed by atoms with Gasteiger partial charge in [-0.15, -0.1) is 0 Å². The van der Waals surface area contributed by atoms with Crippen LogP contribution in [0.2, 0.25) is 0 Å². The van der Waals surface area contributed by atoms with Gasteiger partial charge in [-0.3, -0.25) is 9.69 Å². The number of ketones is 1. The van der Waals surface area contributed by atoms with Gasteiger partial charge in [0.2, 0.25) is 0 Å². The van der Waals surface area contributed by atoms with Gasteiger partial charge in [-0.2, -0.15) is 0 Å². The highest BCUT2D eigenvalue weighted by atomic mass is 16.1. The highest BCUT2D eigenvalue weighted by Gasteiger charge is 2.46. The van der Waals surface area contributed by atoms with Gasteiger partial charge < -0.3 is 0 Å². The van der Waals surface area contributed by atoms with Gasteiger partial charge in [-0.25, -0.2) is 0 Å². The Labute approximate surface area is 105 Å². The van der Waals surface area contributed by atoms with E-state index in [2.05, 4.69) is 4.90 Å². The zero-order valence-corrected chi connectivity index (χ0v) is 10.9. The van der Waals surface area contributed by atoms with Crippen LogP contribution >= 0.6 is 0 Å². The summed E-state index contributed by atoms with van der Waals surface area (Å²) in [6.07, 6.45) is 12.3. The third-order valence-corrected chi connectivity index (χ3v) is 5.08. The van der Waals surface area contributed by atoms with Crippen LogP contribution in [-0.2, 0) is 4.79 Å². The maximum atomic E-state index is 12.7. The van der Waals surface area contributed by atoms with Crippen LogP contribution < -0.4 is 0 Å². The van der Waals surface area contributed by atoms with E-state index in [9.17, 15) is 4.79 Å². The fourth-order valence-electron chi connectivity index (χ4n) is 3.83. The fourth-order valence-corrected chi connectivity index (χ4v) is 3.83. The molecule has 2 saturated carbocycles. The molecular formula is C15H25NO. The van der Waals surface area contributed by atoms with Crippen molar-refractivity contribution in [1.29, 1.82) is 0 Å². The van der Waals surface area contributed by atoms with Gasteiger partial charge >= 0.3 is 0 Å². The lowest BCUT2D eigenvalue weighted by molar-refractivity contribution is -0.132. The summed E-state index contributed by atoms with van der Waals surface area (Å²) in [6.45, 7) is 2.35. The van der Waals surface area contributed by atoms with Crippen molar-refractivity contribution < 1.29 is 4.79 Å². The van der Waals surface area contributed by atoms with Crippen LogP contribution in [0.1, 0.15) is 64.2 Å². The Morgan fingerprint density at radius 3 is 2.24 bits per heavy atom. The molecule has 0 aromatic carbocycles. The van der Waals surface area contributed by atoms with E-state index < -0.39 is 0 Å². The molecular weight excluding hydrogens is 210 g/mol. The average Bonchev–Trinajstić information content (AvgIpc) is 3.04. The molecule has 3 aliphatic rings. The van der Waals surface area contributed by atoms with Crippen LogP contribution in [-0.4, -0.2) is 29.3 Å². The zero-order chi connectivity index (χ0) is 11.7. The molecule has 3 fully saturated rings. The Balaban J connectivity index is 1.73. The van der Waals surface area contributed by atoms with Gasteiger partial charge in [0.05, 0.1) is 5.54 Å². The number of hydrogen-bond donors (Lipinski definition) is 0. The summed E-state index contributed by atoms with van der Waals surface area (Å²) in [7, 11) is 0. The second-order valence-electron chi connectivity index (χ2n) is 6.36. The highest BCUT2D eigenvalue weighted by molar-refractivity contribution is 5.89. The van der Waals surface area contributed by atoms with Crippen LogP contribution in [0.5, 0.6) is 0 Å². The lowest BCUT2D eigenvalue weighted by Crippen LogP contribution is -2.54. The Morgan fingerprint density at radius 2 is 1.65 bits per heavy atom. The Hall–Kier alpha value is -0.370. The van der Waals surface area contributed by atoms with Gasteiger partial charge in [0, 0.05) is 6.42 Å². The molecule has 2 aliphatic carbocycles. The molecule has 0 bridgehead atoms. The van der Waals surface area contributed by atoms with E-state index in [4.69, 9.17) is 0 Å². The van der Waals surface area contributed by atoms with E-state index >= 15 is 0 Å². The standard InChI is InChI=1S/C15H25NO/c17-14(12-13-6-7-13)15(8-2-3-9-15)16-10-4-1-5-11-16/h13H,1-12H2. The van der Waals surface area contributed by atoms with Crippen LogP contribution in [0, 0.1) is 5.92 Å². The zero-order valence-electron chi connectivity index (χ0n) is 10.9. The van der Waals surface area contributed by atoms with E-state index in [1.807, 2.05) is 0 Å². The van der Waals surface area contributed by atoms with Gasteiger partial charge in [-0.1, -0.05) is 19.3 Å². The number of rotatable bonds is 4. The summed E-state index contributed by atoms with van der Waals surface area (Å²) in [5, 5.41) is 0. The Kier molecular flexibility index (Phi) is 3.25. The van der Waals surface area contributed by atoms with Crippen LogP contribution in [0.15, 0.2) is 0 Å². The van der Waals surface area contributed by atoms with Crippen LogP contribution in [0.25, 0.3) is 0 Å². The molecule has 2 heteroatoms. The maximum absolute atomic E-state index is 12.7.